The first-order valence-electron chi connectivity index (χ1n) is 23.8. The third-order valence-corrected chi connectivity index (χ3v) is 11.4. The predicted molar refractivity (Wildman–Crippen MR) is 265 cm³/mol. The molecule has 0 aliphatic rings. The standard InChI is InChI=1S/C57H70N2O4/c1-7-11-15-35-60-50-31-33-52(56(41-50)62-37-17-13-9-3)54-39-46(40-55(58-54)53-34-32-51(61-36-16-12-8-2)42-57(53)63-38-18-14-10-4)45-23-29-49(30-24-45)59(47-25-19-43(5)20-26-47)48-27-21-44(6)22-28-48/h19-34,39-42H,7-18,35-38H2,1-6H3. The van der Waals surface area contributed by atoms with Crippen molar-refractivity contribution in [2.45, 2.75) is 119 Å². The molecule has 0 unspecified atom stereocenters. The molecule has 6 aromatic rings. The van der Waals surface area contributed by atoms with Crippen LogP contribution < -0.4 is 23.8 Å². The fourth-order valence-corrected chi connectivity index (χ4v) is 7.61. The van der Waals surface area contributed by atoms with Gasteiger partial charge in [0, 0.05) is 40.3 Å². The van der Waals surface area contributed by atoms with Crippen LogP contribution in [0.1, 0.15) is 116 Å². The summed E-state index contributed by atoms with van der Waals surface area (Å²) in [5.74, 6) is 3.19. The Kier molecular flexibility index (Phi) is 18.4. The average molecular weight is 847 g/mol. The molecule has 0 aliphatic carbocycles. The summed E-state index contributed by atoms with van der Waals surface area (Å²) >= 11 is 0. The second kappa shape index (κ2) is 24.8. The molecule has 0 radical (unpaired) electrons. The van der Waals surface area contributed by atoms with Gasteiger partial charge < -0.3 is 23.8 Å². The van der Waals surface area contributed by atoms with E-state index in [9.17, 15) is 0 Å². The molecule has 1 aromatic heterocycles. The number of aryl methyl sites for hydroxylation is 2. The number of nitrogens with zero attached hydrogens (tertiary/aromatic N) is 2. The summed E-state index contributed by atoms with van der Waals surface area (Å²) < 4.78 is 25.7. The van der Waals surface area contributed by atoms with Gasteiger partial charge in [-0.1, -0.05) is 127 Å². The van der Waals surface area contributed by atoms with Crippen LogP contribution in [0.2, 0.25) is 0 Å². The molecule has 0 N–H and O–H groups in total. The van der Waals surface area contributed by atoms with E-state index in [0.29, 0.717) is 26.4 Å². The first-order chi connectivity index (χ1) is 30.9. The number of unbranched alkanes of at least 4 members (excludes halogenated alkanes) is 8. The van der Waals surface area contributed by atoms with E-state index in [0.717, 1.165) is 151 Å². The fraction of sp³-hybridized carbons (Fsp3) is 0.386. The fourth-order valence-electron chi connectivity index (χ4n) is 7.61. The van der Waals surface area contributed by atoms with Crippen LogP contribution in [-0.4, -0.2) is 31.4 Å². The molecule has 5 aromatic carbocycles. The van der Waals surface area contributed by atoms with Crippen LogP contribution in [0.5, 0.6) is 23.0 Å². The van der Waals surface area contributed by atoms with E-state index in [1.54, 1.807) is 0 Å². The Bertz CT molecular complexity index is 2130. The number of aromatic nitrogens is 1. The molecule has 0 saturated carbocycles. The maximum atomic E-state index is 6.60. The van der Waals surface area contributed by atoms with E-state index in [4.69, 9.17) is 23.9 Å². The molecule has 332 valence electrons. The monoisotopic (exact) mass is 847 g/mol. The van der Waals surface area contributed by atoms with E-state index < -0.39 is 0 Å². The second-order valence-corrected chi connectivity index (χ2v) is 16.7. The summed E-state index contributed by atoms with van der Waals surface area (Å²) in [7, 11) is 0. The first-order valence-corrected chi connectivity index (χ1v) is 23.8. The van der Waals surface area contributed by atoms with Crippen LogP contribution >= 0.6 is 0 Å². The van der Waals surface area contributed by atoms with Gasteiger partial charge in [0.25, 0.3) is 0 Å². The molecule has 6 rings (SSSR count). The summed E-state index contributed by atoms with van der Waals surface area (Å²) in [4.78, 5) is 7.74. The highest BCUT2D eigenvalue weighted by Gasteiger charge is 2.19. The van der Waals surface area contributed by atoms with Gasteiger partial charge in [0.2, 0.25) is 0 Å². The molecule has 0 fully saturated rings. The van der Waals surface area contributed by atoms with Crippen molar-refractivity contribution in [2.24, 2.45) is 0 Å². The predicted octanol–water partition coefficient (Wildman–Crippen LogP) is 16.4. The number of hydrogen-bond donors (Lipinski definition) is 0. The molecule has 0 saturated heterocycles. The van der Waals surface area contributed by atoms with Crippen molar-refractivity contribution in [3.8, 4) is 56.6 Å². The molecule has 0 aliphatic heterocycles. The molecule has 0 amide bonds. The summed E-state index contributed by atoms with van der Waals surface area (Å²) in [6, 6.07) is 43.1. The summed E-state index contributed by atoms with van der Waals surface area (Å²) in [5.41, 5.74) is 11.4. The van der Waals surface area contributed by atoms with Gasteiger partial charge in [-0.25, -0.2) is 4.98 Å². The van der Waals surface area contributed by atoms with Gasteiger partial charge >= 0.3 is 0 Å². The van der Waals surface area contributed by atoms with Crippen LogP contribution in [0.25, 0.3) is 33.6 Å². The molecule has 1 heterocycles. The SMILES string of the molecule is CCCCCOc1ccc(-c2cc(-c3ccc(N(c4ccc(C)cc4)c4ccc(C)cc4)cc3)cc(-c3ccc(OCCCCC)cc3OCCCCC)n2)c(OCCCCC)c1. The van der Waals surface area contributed by atoms with Crippen LogP contribution in [0, 0.1) is 13.8 Å². The maximum absolute atomic E-state index is 6.60. The highest BCUT2D eigenvalue weighted by molar-refractivity contribution is 5.83. The highest BCUT2D eigenvalue weighted by atomic mass is 16.5. The van der Waals surface area contributed by atoms with Crippen LogP contribution in [0.4, 0.5) is 17.1 Å². The third-order valence-electron chi connectivity index (χ3n) is 11.4. The Hall–Kier alpha value is -5.75. The lowest BCUT2D eigenvalue weighted by Gasteiger charge is -2.26. The van der Waals surface area contributed by atoms with Crippen molar-refractivity contribution in [1.29, 1.82) is 0 Å². The highest BCUT2D eigenvalue weighted by Crippen LogP contribution is 2.41. The van der Waals surface area contributed by atoms with E-state index in [2.05, 4.69) is 156 Å². The van der Waals surface area contributed by atoms with Crippen LogP contribution in [0.3, 0.4) is 0 Å². The Balaban J connectivity index is 1.46. The summed E-state index contributed by atoms with van der Waals surface area (Å²) in [6.45, 7) is 15.7. The van der Waals surface area contributed by atoms with E-state index in [1.165, 1.54) is 11.1 Å². The van der Waals surface area contributed by atoms with E-state index >= 15 is 0 Å². The van der Waals surface area contributed by atoms with Gasteiger partial charge in [-0.15, -0.1) is 0 Å². The number of hydrogen-bond acceptors (Lipinski definition) is 6. The Morgan fingerprint density at radius 1 is 0.381 bits per heavy atom. The van der Waals surface area contributed by atoms with Crippen molar-refractivity contribution in [1.82, 2.24) is 4.98 Å². The zero-order chi connectivity index (χ0) is 44.2. The first kappa shape index (κ1) is 46.7. The molecule has 63 heavy (non-hydrogen) atoms. The Labute approximate surface area is 378 Å². The number of rotatable bonds is 26. The normalized spacial score (nSPS) is 11.1. The van der Waals surface area contributed by atoms with E-state index in [-0.39, 0.29) is 0 Å². The number of benzene rings is 5. The lowest BCUT2D eigenvalue weighted by Crippen LogP contribution is -2.09. The quantitative estimate of drug-likeness (QED) is 0.0507. The second-order valence-electron chi connectivity index (χ2n) is 16.7. The van der Waals surface area contributed by atoms with E-state index in [1.807, 2.05) is 12.1 Å². The smallest absolute Gasteiger partial charge is 0.132 e. The number of anilines is 3. The minimum Gasteiger partial charge on any atom is -0.493 e. The largest absolute Gasteiger partial charge is 0.493 e. The molecular weight excluding hydrogens is 777 g/mol. The van der Waals surface area contributed by atoms with Crippen molar-refractivity contribution < 1.29 is 18.9 Å². The summed E-state index contributed by atoms with van der Waals surface area (Å²) in [6.07, 6.45) is 13.1. The average Bonchev–Trinajstić information content (AvgIpc) is 3.31. The molecule has 6 nitrogen and oxygen atoms in total. The molecule has 0 spiro atoms. The number of pyridine rings is 1. The van der Waals surface area contributed by atoms with Gasteiger partial charge in [-0.3, -0.25) is 0 Å². The topological polar surface area (TPSA) is 53.1 Å². The molecule has 0 bridgehead atoms. The zero-order valence-electron chi connectivity index (χ0n) is 38.9. The lowest BCUT2D eigenvalue weighted by molar-refractivity contribution is 0.292. The Morgan fingerprint density at radius 2 is 0.746 bits per heavy atom. The van der Waals surface area contributed by atoms with Gasteiger partial charge in [0.15, 0.2) is 0 Å². The summed E-state index contributed by atoms with van der Waals surface area (Å²) in [5, 5.41) is 0. The van der Waals surface area contributed by atoms with Crippen molar-refractivity contribution in [3.05, 3.63) is 132 Å². The molecule has 6 heteroatoms. The van der Waals surface area contributed by atoms with Crippen molar-refractivity contribution in [2.75, 3.05) is 31.3 Å². The molecule has 0 atom stereocenters. The maximum Gasteiger partial charge on any atom is 0.132 e. The zero-order valence-corrected chi connectivity index (χ0v) is 38.9. The van der Waals surface area contributed by atoms with Crippen molar-refractivity contribution in [3.63, 3.8) is 0 Å². The van der Waals surface area contributed by atoms with Gasteiger partial charge in [0.1, 0.15) is 23.0 Å². The molecular formula is C57H70N2O4. The minimum atomic E-state index is 0.627. The van der Waals surface area contributed by atoms with Gasteiger partial charge in [-0.05, 0) is 123 Å². The lowest BCUT2D eigenvalue weighted by atomic mass is 9.98. The minimum absolute atomic E-state index is 0.627. The third kappa shape index (κ3) is 13.6. The number of ether oxygens (including phenoxy) is 4. The van der Waals surface area contributed by atoms with Crippen molar-refractivity contribution >= 4 is 17.1 Å². The van der Waals surface area contributed by atoms with Gasteiger partial charge in [-0.2, -0.15) is 0 Å². The van der Waals surface area contributed by atoms with Crippen LogP contribution in [0.15, 0.2) is 121 Å². The van der Waals surface area contributed by atoms with Gasteiger partial charge in [0.05, 0.1) is 37.8 Å². The Morgan fingerprint density at radius 3 is 1.13 bits per heavy atom. The van der Waals surface area contributed by atoms with Crippen LogP contribution in [-0.2, 0) is 0 Å².